The van der Waals surface area contributed by atoms with Gasteiger partial charge in [-0.2, -0.15) is 4.98 Å². The maximum atomic E-state index is 11.6. The van der Waals surface area contributed by atoms with E-state index < -0.39 is 4.92 Å². The molecule has 1 atom stereocenters. The first kappa shape index (κ1) is 22.5. The lowest BCUT2D eigenvalue weighted by molar-refractivity contribution is -0.386. The molecule has 1 aliphatic rings. The Morgan fingerprint density at radius 1 is 1.40 bits per heavy atom. The Balaban J connectivity index is 1.63. The van der Waals surface area contributed by atoms with Crippen molar-refractivity contribution in [1.82, 2.24) is 19.7 Å². The highest BCUT2D eigenvalue weighted by molar-refractivity contribution is 6.33. The molecule has 164 valence electrons. The van der Waals surface area contributed by atoms with Gasteiger partial charge in [-0.05, 0) is 51.1 Å². The average Bonchev–Trinajstić information content (AvgIpc) is 3.01. The van der Waals surface area contributed by atoms with Gasteiger partial charge in [0.05, 0.1) is 29.9 Å². The molecule has 1 unspecified atom stereocenters. The highest BCUT2D eigenvalue weighted by Gasteiger charge is 2.31. The van der Waals surface area contributed by atoms with Gasteiger partial charge in [-0.25, -0.2) is 4.98 Å². The van der Waals surface area contributed by atoms with Gasteiger partial charge in [0.15, 0.2) is 0 Å². The van der Waals surface area contributed by atoms with E-state index in [0.29, 0.717) is 35.8 Å². The molecule has 0 aliphatic heterocycles. The highest BCUT2D eigenvalue weighted by atomic mass is 35.5. The predicted molar refractivity (Wildman–Crippen MR) is 112 cm³/mol. The summed E-state index contributed by atoms with van der Waals surface area (Å²) in [4.78, 5) is 18.9. The van der Waals surface area contributed by atoms with E-state index in [-0.39, 0.29) is 41.6 Å². The van der Waals surface area contributed by atoms with Crippen LogP contribution in [-0.4, -0.2) is 48.5 Å². The largest absolute Gasteiger partial charge is 0.472 e. The molecule has 0 spiro atoms. The smallest absolute Gasteiger partial charge is 0.352 e. The lowest BCUT2D eigenvalue weighted by Gasteiger charge is -2.26. The minimum atomic E-state index is -0.462. The fourth-order valence-corrected chi connectivity index (χ4v) is 3.81. The Morgan fingerprint density at radius 2 is 2.10 bits per heavy atom. The third-order valence-corrected chi connectivity index (χ3v) is 5.63. The second-order valence-corrected chi connectivity index (χ2v) is 8.17. The maximum absolute atomic E-state index is 11.6. The summed E-state index contributed by atoms with van der Waals surface area (Å²) in [6.45, 7) is 3.79. The number of anilines is 1. The van der Waals surface area contributed by atoms with Crippen molar-refractivity contribution in [3.8, 4) is 5.88 Å². The van der Waals surface area contributed by atoms with Crippen molar-refractivity contribution < 1.29 is 14.8 Å². The zero-order chi connectivity index (χ0) is 21.8. The first-order chi connectivity index (χ1) is 14.3. The van der Waals surface area contributed by atoms with E-state index in [9.17, 15) is 15.2 Å². The van der Waals surface area contributed by atoms with Crippen molar-refractivity contribution in [3.63, 3.8) is 0 Å². The molecule has 0 saturated heterocycles. The van der Waals surface area contributed by atoms with E-state index >= 15 is 0 Å². The van der Waals surface area contributed by atoms with Crippen LogP contribution in [0.5, 0.6) is 5.88 Å². The van der Waals surface area contributed by atoms with Gasteiger partial charge in [0.2, 0.25) is 5.28 Å². The van der Waals surface area contributed by atoms with E-state index in [2.05, 4.69) is 20.4 Å². The van der Waals surface area contributed by atoms with Gasteiger partial charge in [-0.15, -0.1) is 5.10 Å². The van der Waals surface area contributed by atoms with Crippen LogP contribution in [0.15, 0.2) is 6.20 Å². The molecule has 0 aromatic carbocycles. The number of nitrogens with zero attached hydrogens (tertiary/aromatic N) is 5. The van der Waals surface area contributed by atoms with Gasteiger partial charge in [0, 0.05) is 12.5 Å². The number of hydrogen-bond donors (Lipinski definition) is 2. The summed E-state index contributed by atoms with van der Waals surface area (Å²) in [5, 5.41) is 29.2. The van der Waals surface area contributed by atoms with Gasteiger partial charge >= 0.3 is 11.6 Å². The van der Waals surface area contributed by atoms with Crippen LogP contribution in [0.3, 0.4) is 0 Å². The SMILES string of the molecule is Cc1c([N+](=O)[O-])c(OCCC(C)Nc2nc(Cl)ncc2Cl)nn1C1CCC(O)CC1. The molecule has 12 heteroatoms. The molecule has 1 aliphatic carbocycles. The van der Waals surface area contributed by atoms with E-state index in [1.165, 1.54) is 6.20 Å². The standard InChI is InChI=1S/C18H24Cl2N6O4/c1-10(22-16-14(19)9-21-18(20)23-16)7-8-30-17-15(26(28)29)11(2)25(24-17)12-3-5-13(27)6-4-12/h9-10,12-13,27H,3-8H2,1-2H3,(H,21,22,23). The number of halogens is 2. The predicted octanol–water partition coefficient (Wildman–Crippen LogP) is 3.94. The Labute approximate surface area is 183 Å². The van der Waals surface area contributed by atoms with Crippen molar-refractivity contribution in [3.05, 3.63) is 32.3 Å². The summed E-state index contributed by atoms with van der Waals surface area (Å²) in [7, 11) is 0. The highest BCUT2D eigenvalue weighted by Crippen LogP contribution is 2.36. The van der Waals surface area contributed by atoms with E-state index in [1.807, 2.05) is 6.92 Å². The number of nitro groups is 1. The molecular weight excluding hydrogens is 435 g/mol. The molecule has 2 aromatic heterocycles. The summed E-state index contributed by atoms with van der Waals surface area (Å²) in [6.07, 6.45) is 4.39. The van der Waals surface area contributed by atoms with Gasteiger partial charge < -0.3 is 15.2 Å². The first-order valence-corrected chi connectivity index (χ1v) is 10.5. The quantitative estimate of drug-likeness (QED) is 0.345. The molecule has 1 fully saturated rings. The average molecular weight is 459 g/mol. The number of nitrogens with one attached hydrogen (secondary N) is 1. The zero-order valence-electron chi connectivity index (χ0n) is 16.7. The third-order valence-electron chi connectivity index (χ3n) is 5.17. The van der Waals surface area contributed by atoms with Gasteiger partial charge in [0.1, 0.15) is 16.5 Å². The molecule has 0 amide bonds. The molecule has 0 bridgehead atoms. The fraction of sp³-hybridized carbons (Fsp3) is 0.611. The molecule has 10 nitrogen and oxygen atoms in total. The van der Waals surface area contributed by atoms with Crippen molar-refractivity contribution in [1.29, 1.82) is 0 Å². The van der Waals surface area contributed by atoms with Crippen LogP contribution in [-0.2, 0) is 0 Å². The van der Waals surface area contributed by atoms with Crippen molar-refractivity contribution in [2.75, 3.05) is 11.9 Å². The molecule has 2 N–H and O–H groups in total. The van der Waals surface area contributed by atoms with E-state index in [4.69, 9.17) is 27.9 Å². The van der Waals surface area contributed by atoms with Gasteiger partial charge in [0.25, 0.3) is 0 Å². The third kappa shape index (κ3) is 5.30. The number of aromatic nitrogens is 4. The molecular formula is C18H24Cl2N6O4. The Kier molecular flexibility index (Phi) is 7.32. The molecule has 30 heavy (non-hydrogen) atoms. The molecule has 2 aromatic rings. The number of rotatable bonds is 8. The fourth-order valence-electron chi connectivity index (χ4n) is 3.53. The second-order valence-electron chi connectivity index (χ2n) is 7.42. The normalized spacial score (nSPS) is 20.0. The summed E-state index contributed by atoms with van der Waals surface area (Å²) in [6, 6.07) is -0.0646. The van der Waals surface area contributed by atoms with Crippen molar-refractivity contribution in [2.45, 2.75) is 64.1 Å². The van der Waals surface area contributed by atoms with Crippen LogP contribution in [0.4, 0.5) is 11.5 Å². The number of ether oxygens (including phenoxy) is 1. The monoisotopic (exact) mass is 458 g/mol. The summed E-state index contributed by atoms with van der Waals surface area (Å²) in [5.41, 5.74) is 0.345. The molecule has 1 saturated carbocycles. The molecule has 0 radical (unpaired) electrons. The minimum Gasteiger partial charge on any atom is -0.472 e. The van der Waals surface area contributed by atoms with Crippen molar-refractivity contribution in [2.24, 2.45) is 0 Å². The Hall–Kier alpha value is -2.17. The number of aliphatic hydroxyl groups is 1. The second kappa shape index (κ2) is 9.76. The van der Waals surface area contributed by atoms with Crippen molar-refractivity contribution >= 4 is 34.7 Å². The van der Waals surface area contributed by atoms with Gasteiger partial charge in [-0.3, -0.25) is 14.8 Å². The van der Waals surface area contributed by atoms with Crippen LogP contribution in [0, 0.1) is 17.0 Å². The summed E-state index contributed by atoms with van der Waals surface area (Å²) in [5.74, 6) is 0.425. The van der Waals surface area contributed by atoms with Crippen LogP contribution in [0.2, 0.25) is 10.3 Å². The molecule has 2 heterocycles. The van der Waals surface area contributed by atoms with E-state index in [0.717, 1.165) is 12.8 Å². The minimum absolute atomic E-state index is 0.0129. The summed E-state index contributed by atoms with van der Waals surface area (Å²) >= 11 is 11.8. The van der Waals surface area contributed by atoms with Crippen LogP contribution in [0.25, 0.3) is 0 Å². The van der Waals surface area contributed by atoms with E-state index in [1.54, 1.807) is 11.6 Å². The Bertz CT molecular complexity index is 901. The Morgan fingerprint density at radius 3 is 2.77 bits per heavy atom. The van der Waals surface area contributed by atoms with Gasteiger partial charge in [-0.1, -0.05) is 11.6 Å². The first-order valence-electron chi connectivity index (χ1n) is 9.75. The summed E-state index contributed by atoms with van der Waals surface area (Å²) < 4.78 is 7.35. The lowest BCUT2D eigenvalue weighted by Crippen LogP contribution is -2.22. The van der Waals surface area contributed by atoms with Crippen LogP contribution >= 0.6 is 23.2 Å². The zero-order valence-corrected chi connectivity index (χ0v) is 18.2. The lowest BCUT2D eigenvalue weighted by atomic mass is 9.93. The van der Waals surface area contributed by atoms with Crippen LogP contribution in [0.1, 0.15) is 50.8 Å². The topological polar surface area (TPSA) is 128 Å². The molecule has 3 rings (SSSR count). The maximum Gasteiger partial charge on any atom is 0.352 e. The number of aliphatic hydroxyl groups excluding tert-OH is 1. The number of hydrogen-bond acceptors (Lipinski definition) is 8. The van der Waals surface area contributed by atoms with Crippen LogP contribution < -0.4 is 10.1 Å².